The highest BCUT2D eigenvalue weighted by Crippen LogP contribution is 2.21. The summed E-state index contributed by atoms with van der Waals surface area (Å²) >= 11 is 0. The second-order valence-electron chi connectivity index (χ2n) is 8.65. The fraction of sp³-hybridized carbons (Fsp3) is 0.520. The molecule has 8 nitrogen and oxygen atoms in total. The molecule has 33 heavy (non-hydrogen) atoms. The van der Waals surface area contributed by atoms with E-state index in [4.69, 9.17) is 13.9 Å². The molecule has 2 aromatic rings. The lowest BCUT2D eigenvalue weighted by Gasteiger charge is -2.34. The molecule has 2 aliphatic heterocycles. The number of amides is 2. The van der Waals surface area contributed by atoms with Crippen LogP contribution in [0.5, 0.6) is 5.75 Å². The predicted molar refractivity (Wildman–Crippen MR) is 123 cm³/mol. The van der Waals surface area contributed by atoms with Gasteiger partial charge in [0.1, 0.15) is 5.75 Å². The van der Waals surface area contributed by atoms with Crippen molar-refractivity contribution in [2.24, 2.45) is 5.92 Å². The van der Waals surface area contributed by atoms with Crippen LogP contribution in [0.4, 0.5) is 4.79 Å². The second kappa shape index (κ2) is 11.2. The summed E-state index contributed by atoms with van der Waals surface area (Å²) in [4.78, 5) is 30.3. The van der Waals surface area contributed by atoms with Gasteiger partial charge in [-0.05, 0) is 49.6 Å². The van der Waals surface area contributed by atoms with Crippen molar-refractivity contribution in [1.29, 1.82) is 0 Å². The average Bonchev–Trinajstić information content (AvgIpc) is 3.39. The number of piperidine rings is 1. The molecule has 0 saturated carbocycles. The maximum atomic E-state index is 12.5. The summed E-state index contributed by atoms with van der Waals surface area (Å²) in [6.07, 6.45) is 3.34. The van der Waals surface area contributed by atoms with E-state index in [2.05, 4.69) is 17.0 Å². The highest BCUT2D eigenvalue weighted by Gasteiger charge is 2.26. The number of hydrogen-bond donors (Lipinski definition) is 0. The fourth-order valence-corrected chi connectivity index (χ4v) is 4.41. The first-order chi connectivity index (χ1) is 16.1. The van der Waals surface area contributed by atoms with E-state index in [0.717, 1.165) is 44.8 Å². The number of carbonyl (C=O) groups is 2. The lowest BCUT2D eigenvalue weighted by atomic mass is 9.98. The quantitative estimate of drug-likeness (QED) is 0.636. The molecule has 0 bridgehead atoms. The van der Waals surface area contributed by atoms with Crippen LogP contribution in [0.2, 0.25) is 0 Å². The van der Waals surface area contributed by atoms with Crippen LogP contribution in [0.25, 0.3) is 0 Å². The van der Waals surface area contributed by atoms with Crippen LogP contribution in [0.15, 0.2) is 47.1 Å². The van der Waals surface area contributed by atoms with Gasteiger partial charge in [0.25, 0.3) is 5.91 Å². The zero-order valence-electron chi connectivity index (χ0n) is 19.3. The Hall–Kier alpha value is -3.00. The van der Waals surface area contributed by atoms with E-state index in [1.165, 1.54) is 11.8 Å². The third kappa shape index (κ3) is 6.28. The molecule has 1 aromatic heterocycles. The number of ether oxygens (including phenoxy) is 2. The minimum atomic E-state index is -0.218. The third-order valence-electron chi connectivity index (χ3n) is 6.25. The van der Waals surface area contributed by atoms with Crippen LogP contribution in [0, 0.1) is 5.92 Å². The molecular weight excluding hydrogens is 422 g/mol. The Morgan fingerprint density at radius 2 is 1.82 bits per heavy atom. The van der Waals surface area contributed by atoms with Gasteiger partial charge in [-0.1, -0.05) is 12.1 Å². The van der Waals surface area contributed by atoms with E-state index in [1.807, 2.05) is 24.0 Å². The molecule has 0 aliphatic carbocycles. The summed E-state index contributed by atoms with van der Waals surface area (Å²) < 4.78 is 16.4. The molecule has 2 saturated heterocycles. The van der Waals surface area contributed by atoms with Crippen LogP contribution >= 0.6 is 0 Å². The summed E-state index contributed by atoms with van der Waals surface area (Å²) in [5, 5.41) is 0. The highest BCUT2D eigenvalue weighted by atomic mass is 16.6. The van der Waals surface area contributed by atoms with E-state index < -0.39 is 0 Å². The van der Waals surface area contributed by atoms with Gasteiger partial charge in [-0.2, -0.15) is 0 Å². The van der Waals surface area contributed by atoms with Gasteiger partial charge in [0, 0.05) is 51.7 Å². The van der Waals surface area contributed by atoms with E-state index in [1.54, 1.807) is 17.0 Å². The van der Waals surface area contributed by atoms with Crippen molar-refractivity contribution in [2.45, 2.75) is 26.3 Å². The van der Waals surface area contributed by atoms with Gasteiger partial charge >= 0.3 is 6.09 Å². The number of piperazine rings is 1. The maximum Gasteiger partial charge on any atom is 0.409 e. The lowest BCUT2D eigenvalue weighted by Crippen LogP contribution is -2.48. The standard InChI is InChI=1S/C25H33N3O5/c1-2-31-25(30)27-14-12-26(13-15-27)17-20-7-9-22(10-8-20)33-19-21-5-3-11-28(18-21)24(29)23-6-4-16-32-23/h4,6-10,16,21H,2-3,5,11-15,17-19H2,1H3/t21-/m1/s1. The molecule has 2 fully saturated rings. The second-order valence-corrected chi connectivity index (χ2v) is 8.65. The number of likely N-dealkylation sites (tertiary alicyclic amines) is 1. The zero-order valence-corrected chi connectivity index (χ0v) is 19.3. The van der Waals surface area contributed by atoms with Crippen LogP contribution < -0.4 is 4.74 Å². The summed E-state index contributed by atoms with van der Waals surface area (Å²) in [7, 11) is 0. The minimum Gasteiger partial charge on any atom is -0.493 e. The number of carbonyl (C=O) groups excluding carboxylic acids is 2. The van der Waals surface area contributed by atoms with E-state index in [9.17, 15) is 9.59 Å². The first kappa shape index (κ1) is 23.2. The van der Waals surface area contributed by atoms with Gasteiger partial charge < -0.3 is 23.7 Å². The van der Waals surface area contributed by atoms with Crippen molar-refractivity contribution in [3.05, 3.63) is 54.0 Å². The maximum absolute atomic E-state index is 12.5. The number of hydrogen-bond acceptors (Lipinski definition) is 6. The van der Waals surface area contributed by atoms with E-state index in [0.29, 0.717) is 44.5 Å². The van der Waals surface area contributed by atoms with Crippen molar-refractivity contribution in [3.8, 4) is 5.75 Å². The number of rotatable bonds is 7. The molecule has 3 heterocycles. The SMILES string of the molecule is CCOC(=O)N1CCN(Cc2ccc(OC[C@@H]3CCCN(C(=O)c4ccco4)C3)cc2)CC1. The number of furan rings is 1. The Bertz CT molecular complexity index is 891. The first-order valence-corrected chi connectivity index (χ1v) is 11.8. The van der Waals surface area contributed by atoms with Gasteiger partial charge in [-0.25, -0.2) is 4.79 Å². The summed E-state index contributed by atoms with van der Waals surface area (Å²) in [6.45, 7) is 8.21. The molecule has 1 atom stereocenters. The Morgan fingerprint density at radius 1 is 1.03 bits per heavy atom. The zero-order chi connectivity index (χ0) is 23.0. The molecule has 2 aliphatic rings. The van der Waals surface area contributed by atoms with Crippen LogP contribution in [-0.4, -0.2) is 79.2 Å². The summed E-state index contributed by atoms with van der Waals surface area (Å²) in [5.41, 5.74) is 1.22. The van der Waals surface area contributed by atoms with Crippen LogP contribution in [0.1, 0.15) is 35.9 Å². The summed E-state index contributed by atoms with van der Waals surface area (Å²) in [6, 6.07) is 11.7. The molecule has 0 N–H and O–H groups in total. The predicted octanol–water partition coefficient (Wildman–Crippen LogP) is 3.48. The normalized spacial score (nSPS) is 19.4. The van der Waals surface area contributed by atoms with Crippen molar-refractivity contribution in [3.63, 3.8) is 0 Å². The molecule has 0 radical (unpaired) electrons. The van der Waals surface area contributed by atoms with Crippen molar-refractivity contribution in [2.75, 3.05) is 52.5 Å². The van der Waals surface area contributed by atoms with Gasteiger partial charge in [-0.3, -0.25) is 9.69 Å². The van der Waals surface area contributed by atoms with Crippen molar-refractivity contribution in [1.82, 2.24) is 14.7 Å². The van der Waals surface area contributed by atoms with Crippen LogP contribution in [-0.2, 0) is 11.3 Å². The van der Waals surface area contributed by atoms with Crippen molar-refractivity contribution >= 4 is 12.0 Å². The average molecular weight is 456 g/mol. The molecule has 2 amide bonds. The van der Waals surface area contributed by atoms with Crippen LogP contribution in [0.3, 0.4) is 0 Å². The Labute approximate surface area is 195 Å². The monoisotopic (exact) mass is 455 g/mol. The molecule has 4 rings (SSSR count). The largest absolute Gasteiger partial charge is 0.493 e. The Morgan fingerprint density at radius 3 is 2.52 bits per heavy atom. The smallest absolute Gasteiger partial charge is 0.409 e. The topological polar surface area (TPSA) is 75.5 Å². The number of benzene rings is 1. The van der Waals surface area contributed by atoms with E-state index in [-0.39, 0.29) is 12.0 Å². The molecule has 178 valence electrons. The minimum absolute atomic E-state index is 0.0443. The van der Waals surface area contributed by atoms with Gasteiger partial charge in [0.15, 0.2) is 5.76 Å². The fourth-order valence-electron chi connectivity index (χ4n) is 4.41. The molecule has 0 spiro atoms. The molecule has 8 heteroatoms. The van der Waals surface area contributed by atoms with Gasteiger partial charge in [-0.15, -0.1) is 0 Å². The Kier molecular flexibility index (Phi) is 7.88. The van der Waals surface area contributed by atoms with E-state index >= 15 is 0 Å². The summed E-state index contributed by atoms with van der Waals surface area (Å²) in [5.74, 6) is 1.51. The van der Waals surface area contributed by atoms with Gasteiger partial charge in [0.05, 0.1) is 19.5 Å². The molecule has 0 unspecified atom stereocenters. The first-order valence-electron chi connectivity index (χ1n) is 11.8. The van der Waals surface area contributed by atoms with Crippen molar-refractivity contribution < 1.29 is 23.5 Å². The molecular formula is C25H33N3O5. The lowest BCUT2D eigenvalue weighted by molar-refractivity contribution is 0.0602. The highest BCUT2D eigenvalue weighted by molar-refractivity contribution is 5.91. The molecule has 1 aromatic carbocycles. The Balaban J connectivity index is 1.20. The van der Waals surface area contributed by atoms with Gasteiger partial charge in [0.2, 0.25) is 0 Å². The number of nitrogens with zero attached hydrogens (tertiary/aromatic N) is 3. The third-order valence-corrected chi connectivity index (χ3v) is 6.25.